The van der Waals surface area contributed by atoms with Crippen molar-refractivity contribution >= 4 is 11.7 Å². The largest absolute Gasteiger partial charge is 0.305 e. The monoisotopic (exact) mass is 333 g/mol. The van der Waals surface area contributed by atoms with Crippen LogP contribution in [0.15, 0.2) is 54.9 Å². The van der Waals surface area contributed by atoms with E-state index < -0.39 is 0 Å². The summed E-state index contributed by atoms with van der Waals surface area (Å²) in [5.41, 5.74) is 2.30. The van der Waals surface area contributed by atoms with Gasteiger partial charge in [0.05, 0.1) is 23.5 Å². The van der Waals surface area contributed by atoms with Gasteiger partial charge >= 0.3 is 0 Å². The van der Waals surface area contributed by atoms with Gasteiger partial charge < -0.3 is 5.32 Å². The molecule has 1 aromatic carbocycles. The summed E-state index contributed by atoms with van der Waals surface area (Å²) < 4.78 is 1.91. The molecule has 0 atom stereocenters. The van der Waals surface area contributed by atoms with Crippen LogP contribution in [0.5, 0.6) is 0 Å². The summed E-state index contributed by atoms with van der Waals surface area (Å²) in [7, 11) is 0. The van der Waals surface area contributed by atoms with Crippen molar-refractivity contribution in [2.45, 2.75) is 31.7 Å². The Bertz CT molecular complexity index is 851. The summed E-state index contributed by atoms with van der Waals surface area (Å²) in [4.78, 5) is 12.4. The fraction of sp³-hybridized carbons (Fsp3) is 0.263. The van der Waals surface area contributed by atoms with Crippen molar-refractivity contribution in [3.63, 3.8) is 0 Å². The number of carbonyl (C=O) groups is 1. The topological polar surface area (TPSA) is 72.7 Å². The minimum absolute atomic E-state index is 0.217. The van der Waals surface area contributed by atoms with Gasteiger partial charge in [0.25, 0.3) is 5.91 Å². The fourth-order valence-corrected chi connectivity index (χ4v) is 3.17. The maximum absolute atomic E-state index is 12.4. The Labute approximate surface area is 145 Å². The predicted molar refractivity (Wildman–Crippen MR) is 95.2 cm³/mol. The van der Waals surface area contributed by atoms with Crippen LogP contribution in [0, 0.1) is 0 Å². The normalized spacial score (nSPS) is 14.6. The molecule has 0 spiro atoms. The first kappa shape index (κ1) is 15.5. The second kappa shape index (κ2) is 6.84. The number of anilines is 1. The minimum Gasteiger partial charge on any atom is -0.305 e. The Kier molecular flexibility index (Phi) is 4.24. The van der Waals surface area contributed by atoms with E-state index in [1.807, 2.05) is 47.3 Å². The van der Waals surface area contributed by atoms with Crippen molar-refractivity contribution < 1.29 is 4.79 Å². The Morgan fingerprint density at radius 3 is 2.56 bits per heavy atom. The maximum atomic E-state index is 12.4. The van der Waals surface area contributed by atoms with E-state index in [-0.39, 0.29) is 5.91 Å². The first-order chi connectivity index (χ1) is 12.3. The third-order valence-corrected chi connectivity index (χ3v) is 4.54. The van der Waals surface area contributed by atoms with Gasteiger partial charge in [-0.3, -0.25) is 9.48 Å². The molecule has 1 N–H and O–H groups in total. The number of nitrogens with one attached hydrogen (secondary N) is 1. The molecule has 0 bridgehead atoms. The highest BCUT2D eigenvalue weighted by Crippen LogP contribution is 2.28. The van der Waals surface area contributed by atoms with Gasteiger partial charge in [0, 0.05) is 11.8 Å². The summed E-state index contributed by atoms with van der Waals surface area (Å²) in [5.74, 6) is 0.212. The van der Waals surface area contributed by atoms with Gasteiger partial charge in [0.15, 0.2) is 5.82 Å². The molecule has 0 radical (unpaired) electrons. The van der Waals surface area contributed by atoms with Gasteiger partial charge in [-0.05, 0) is 25.0 Å². The predicted octanol–water partition coefficient (Wildman–Crippen LogP) is 3.71. The number of benzene rings is 1. The number of hydrogen-bond donors (Lipinski definition) is 1. The SMILES string of the molecule is O=C(Nc1ccc(-c2ccccc2)nn1)c1cnn(C2CCCC2)c1. The van der Waals surface area contributed by atoms with E-state index in [1.54, 1.807) is 12.3 Å². The average Bonchev–Trinajstić information content (AvgIpc) is 3.35. The summed E-state index contributed by atoms with van der Waals surface area (Å²) >= 11 is 0. The van der Waals surface area contributed by atoms with Crippen LogP contribution in [0.1, 0.15) is 42.1 Å². The molecule has 1 aliphatic carbocycles. The van der Waals surface area contributed by atoms with Crippen molar-refractivity contribution in [3.05, 3.63) is 60.4 Å². The molecule has 1 fully saturated rings. The number of hydrogen-bond acceptors (Lipinski definition) is 4. The highest BCUT2D eigenvalue weighted by atomic mass is 16.1. The van der Waals surface area contributed by atoms with Gasteiger partial charge in [-0.2, -0.15) is 5.10 Å². The van der Waals surface area contributed by atoms with E-state index >= 15 is 0 Å². The van der Waals surface area contributed by atoms with Gasteiger partial charge in [-0.15, -0.1) is 10.2 Å². The summed E-state index contributed by atoms with van der Waals surface area (Å²) in [5, 5.41) is 15.4. The lowest BCUT2D eigenvalue weighted by Crippen LogP contribution is -2.13. The van der Waals surface area contributed by atoms with Crippen LogP contribution in [0.4, 0.5) is 5.82 Å². The quantitative estimate of drug-likeness (QED) is 0.790. The zero-order chi connectivity index (χ0) is 17.1. The molecule has 6 nitrogen and oxygen atoms in total. The number of nitrogens with zero attached hydrogens (tertiary/aromatic N) is 4. The van der Waals surface area contributed by atoms with Crippen LogP contribution in [-0.2, 0) is 0 Å². The summed E-state index contributed by atoms with van der Waals surface area (Å²) in [6.45, 7) is 0. The number of amides is 1. The van der Waals surface area contributed by atoms with E-state index in [9.17, 15) is 4.79 Å². The molecule has 1 aliphatic rings. The highest BCUT2D eigenvalue weighted by Gasteiger charge is 2.19. The van der Waals surface area contributed by atoms with Gasteiger partial charge in [-0.25, -0.2) is 0 Å². The van der Waals surface area contributed by atoms with E-state index in [4.69, 9.17) is 0 Å². The lowest BCUT2D eigenvalue weighted by atomic mass is 10.1. The number of carbonyl (C=O) groups excluding carboxylic acids is 1. The molecule has 0 saturated heterocycles. The van der Waals surface area contributed by atoms with E-state index in [0.717, 1.165) is 24.1 Å². The van der Waals surface area contributed by atoms with Crippen LogP contribution < -0.4 is 5.32 Å². The number of aromatic nitrogens is 4. The second-order valence-corrected chi connectivity index (χ2v) is 6.27. The van der Waals surface area contributed by atoms with Gasteiger partial charge in [0.1, 0.15) is 0 Å². The summed E-state index contributed by atoms with van der Waals surface area (Å²) in [6.07, 6.45) is 8.16. The number of rotatable bonds is 4. The smallest absolute Gasteiger partial charge is 0.260 e. The van der Waals surface area contributed by atoms with Gasteiger partial charge in [-0.1, -0.05) is 43.2 Å². The molecule has 2 aromatic heterocycles. The fourth-order valence-electron chi connectivity index (χ4n) is 3.17. The third-order valence-electron chi connectivity index (χ3n) is 4.54. The molecular formula is C19H19N5O. The average molecular weight is 333 g/mol. The van der Waals surface area contributed by atoms with Crippen LogP contribution >= 0.6 is 0 Å². The van der Waals surface area contributed by atoms with Crippen LogP contribution in [0.3, 0.4) is 0 Å². The molecule has 1 saturated carbocycles. The van der Waals surface area contributed by atoms with E-state index in [2.05, 4.69) is 20.6 Å². The second-order valence-electron chi connectivity index (χ2n) is 6.27. The van der Waals surface area contributed by atoms with Crippen molar-refractivity contribution in [3.8, 4) is 11.3 Å². The molecule has 4 rings (SSSR count). The molecule has 2 heterocycles. The van der Waals surface area contributed by atoms with Crippen molar-refractivity contribution in [1.29, 1.82) is 0 Å². The van der Waals surface area contributed by atoms with E-state index in [0.29, 0.717) is 17.4 Å². The molecule has 1 amide bonds. The molecule has 3 aromatic rings. The van der Waals surface area contributed by atoms with Crippen LogP contribution in [0.25, 0.3) is 11.3 Å². The molecule has 25 heavy (non-hydrogen) atoms. The lowest BCUT2D eigenvalue weighted by molar-refractivity contribution is 0.102. The first-order valence-corrected chi connectivity index (χ1v) is 8.54. The van der Waals surface area contributed by atoms with Crippen LogP contribution in [0.2, 0.25) is 0 Å². The lowest BCUT2D eigenvalue weighted by Gasteiger charge is -2.08. The van der Waals surface area contributed by atoms with Gasteiger partial charge in [0.2, 0.25) is 0 Å². The molecule has 0 aliphatic heterocycles. The molecule has 6 heteroatoms. The van der Waals surface area contributed by atoms with Crippen molar-refractivity contribution in [2.24, 2.45) is 0 Å². The maximum Gasteiger partial charge on any atom is 0.260 e. The third kappa shape index (κ3) is 3.42. The Balaban J connectivity index is 1.44. The first-order valence-electron chi connectivity index (χ1n) is 8.54. The highest BCUT2D eigenvalue weighted by molar-refractivity contribution is 6.03. The molecule has 0 unspecified atom stereocenters. The van der Waals surface area contributed by atoms with Crippen molar-refractivity contribution in [1.82, 2.24) is 20.0 Å². The minimum atomic E-state index is -0.217. The molecular weight excluding hydrogens is 314 g/mol. The summed E-state index contributed by atoms with van der Waals surface area (Å²) in [6, 6.07) is 13.8. The van der Waals surface area contributed by atoms with Crippen LogP contribution in [-0.4, -0.2) is 25.9 Å². The Morgan fingerprint density at radius 1 is 1.04 bits per heavy atom. The van der Waals surface area contributed by atoms with E-state index in [1.165, 1.54) is 12.8 Å². The Hall–Kier alpha value is -3.02. The molecule has 126 valence electrons. The zero-order valence-electron chi connectivity index (χ0n) is 13.8. The van der Waals surface area contributed by atoms with Crippen molar-refractivity contribution in [2.75, 3.05) is 5.32 Å². The zero-order valence-corrected chi connectivity index (χ0v) is 13.8. The Morgan fingerprint density at radius 2 is 1.84 bits per heavy atom. The standard InChI is InChI=1S/C19H19N5O/c25-19(15-12-20-24(13-15)16-8-4-5-9-16)21-18-11-10-17(22-23-18)14-6-2-1-3-7-14/h1-3,6-7,10-13,16H,4-5,8-9H2,(H,21,23,25).